The molecule has 0 spiro atoms. The SMILES string of the molecule is Cc1ccc(S(=O)(=O)NC2CCN(C(=O)c3ccccc3C)CC2)cc1C. The van der Waals surface area contributed by atoms with E-state index in [1.54, 1.807) is 12.1 Å². The van der Waals surface area contributed by atoms with Crippen LogP contribution in [0.3, 0.4) is 0 Å². The molecule has 1 aliphatic heterocycles. The summed E-state index contributed by atoms with van der Waals surface area (Å²) >= 11 is 0. The predicted octanol–water partition coefficient (Wildman–Crippen LogP) is 3.19. The van der Waals surface area contributed by atoms with E-state index in [0.29, 0.717) is 36.4 Å². The average molecular weight is 387 g/mol. The lowest BCUT2D eigenvalue weighted by Crippen LogP contribution is -2.46. The van der Waals surface area contributed by atoms with Gasteiger partial charge in [0.25, 0.3) is 5.91 Å². The van der Waals surface area contributed by atoms with Gasteiger partial charge in [-0.15, -0.1) is 0 Å². The van der Waals surface area contributed by atoms with Crippen molar-refractivity contribution >= 4 is 15.9 Å². The molecule has 5 nitrogen and oxygen atoms in total. The molecule has 27 heavy (non-hydrogen) atoms. The smallest absolute Gasteiger partial charge is 0.254 e. The van der Waals surface area contributed by atoms with Crippen LogP contribution < -0.4 is 4.72 Å². The fraction of sp³-hybridized carbons (Fsp3) is 0.381. The van der Waals surface area contributed by atoms with Crippen LogP contribution in [0.5, 0.6) is 0 Å². The Morgan fingerprint density at radius 3 is 2.26 bits per heavy atom. The van der Waals surface area contributed by atoms with E-state index in [1.165, 1.54) is 0 Å². The molecule has 0 aromatic heterocycles. The van der Waals surface area contributed by atoms with Crippen LogP contribution in [0.15, 0.2) is 47.4 Å². The number of likely N-dealkylation sites (tertiary alicyclic amines) is 1. The van der Waals surface area contributed by atoms with E-state index in [9.17, 15) is 13.2 Å². The number of carbonyl (C=O) groups is 1. The van der Waals surface area contributed by atoms with Crippen LogP contribution in [0.4, 0.5) is 0 Å². The zero-order valence-electron chi connectivity index (χ0n) is 16.0. The maximum atomic E-state index is 12.7. The first-order valence-electron chi connectivity index (χ1n) is 9.22. The lowest BCUT2D eigenvalue weighted by Gasteiger charge is -2.32. The molecule has 0 radical (unpaired) electrons. The Morgan fingerprint density at radius 2 is 1.63 bits per heavy atom. The predicted molar refractivity (Wildman–Crippen MR) is 106 cm³/mol. The summed E-state index contributed by atoms with van der Waals surface area (Å²) in [6.07, 6.45) is 1.23. The highest BCUT2D eigenvalue weighted by molar-refractivity contribution is 7.89. The number of sulfonamides is 1. The lowest BCUT2D eigenvalue weighted by molar-refractivity contribution is 0.0710. The van der Waals surface area contributed by atoms with E-state index in [2.05, 4.69) is 4.72 Å². The molecule has 0 atom stereocenters. The van der Waals surface area contributed by atoms with E-state index in [-0.39, 0.29) is 11.9 Å². The van der Waals surface area contributed by atoms with Crippen LogP contribution in [0.25, 0.3) is 0 Å². The Labute approximate surface area is 161 Å². The van der Waals surface area contributed by atoms with Crippen molar-refractivity contribution in [3.05, 3.63) is 64.7 Å². The summed E-state index contributed by atoms with van der Waals surface area (Å²) in [6, 6.07) is 12.6. The molecule has 0 saturated carbocycles. The first-order valence-corrected chi connectivity index (χ1v) is 10.7. The zero-order valence-corrected chi connectivity index (χ0v) is 16.8. The summed E-state index contributed by atoms with van der Waals surface area (Å²) in [5.74, 6) is 0.0172. The number of aryl methyl sites for hydroxylation is 3. The van der Waals surface area contributed by atoms with E-state index in [1.807, 2.05) is 56.0 Å². The normalized spacial score (nSPS) is 15.7. The highest BCUT2D eigenvalue weighted by Crippen LogP contribution is 2.19. The summed E-state index contributed by atoms with van der Waals surface area (Å²) < 4.78 is 28.1. The van der Waals surface area contributed by atoms with Gasteiger partial charge in [-0.1, -0.05) is 24.3 Å². The Balaban J connectivity index is 1.63. The molecule has 1 heterocycles. The zero-order chi connectivity index (χ0) is 19.6. The summed E-state index contributed by atoms with van der Waals surface area (Å²) in [4.78, 5) is 14.8. The van der Waals surface area contributed by atoms with Crippen LogP contribution in [0.2, 0.25) is 0 Å². The topological polar surface area (TPSA) is 66.5 Å². The van der Waals surface area contributed by atoms with Gasteiger partial charge in [0.1, 0.15) is 0 Å². The lowest BCUT2D eigenvalue weighted by atomic mass is 10.0. The molecule has 6 heteroatoms. The molecule has 0 bridgehead atoms. The van der Waals surface area contributed by atoms with Crippen molar-refractivity contribution in [2.45, 2.75) is 44.6 Å². The Kier molecular flexibility index (Phi) is 5.67. The molecule has 1 saturated heterocycles. The minimum absolute atomic E-state index is 0.0172. The third-order valence-electron chi connectivity index (χ3n) is 5.27. The highest BCUT2D eigenvalue weighted by Gasteiger charge is 2.27. The van der Waals surface area contributed by atoms with Crippen molar-refractivity contribution in [3.63, 3.8) is 0 Å². The summed E-state index contributed by atoms with van der Waals surface area (Å²) in [6.45, 7) is 6.89. The molecule has 1 aliphatic rings. The van der Waals surface area contributed by atoms with E-state index in [0.717, 1.165) is 16.7 Å². The molecule has 2 aromatic carbocycles. The number of hydrogen-bond acceptors (Lipinski definition) is 3. The average Bonchev–Trinajstić information content (AvgIpc) is 2.64. The second-order valence-corrected chi connectivity index (χ2v) is 8.96. The van der Waals surface area contributed by atoms with Gasteiger partial charge in [-0.25, -0.2) is 13.1 Å². The number of piperidine rings is 1. The van der Waals surface area contributed by atoms with Crippen LogP contribution in [0.1, 0.15) is 39.9 Å². The van der Waals surface area contributed by atoms with Crippen LogP contribution in [0, 0.1) is 20.8 Å². The van der Waals surface area contributed by atoms with Crippen molar-refractivity contribution in [2.75, 3.05) is 13.1 Å². The van der Waals surface area contributed by atoms with Crippen molar-refractivity contribution < 1.29 is 13.2 Å². The van der Waals surface area contributed by atoms with Gasteiger partial charge < -0.3 is 4.90 Å². The molecule has 2 aromatic rings. The fourth-order valence-corrected chi connectivity index (χ4v) is 4.74. The first kappa shape index (κ1) is 19.6. The second-order valence-electron chi connectivity index (χ2n) is 7.25. The van der Waals surface area contributed by atoms with Crippen LogP contribution in [-0.4, -0.2) is 38.4 Å². The van der Waals surface area contributed by atoms with Gasteiger partial charge in [0.2, 0.25) is 10.0 Å². The van der Waals surface area contributed by atoms with Gasteiger partial charge in [0.05, 0.1) is 4.90 Å². The van der Waals surface area contributed by atoms with E-state index >= 15 is 0 Å². The van der Waals surface area contributed by atoms with Gasteiger partial charge >= 0.3 is 0 Å². The quantitative estimate of drug-likeness (QED) is 0.877. The van der Waals surface area contributed by atoms with Crippen molar-refractivity contribution in [2.24, 2.45) is 0 Å². The molecular formula is C21H26N2O3S. The highest BCUT2D eigenvalue weighted by atomic mass is 32.2. The molecule has 0 unspecified atom stereocenters. The van der Waals surface area contributed by atoms with Gasteiger partial charge in [-0.3, -0.25) is 4.79 Å². The van der Waals surface area contributed by atoms with Gasteiger partial charge in [-0.05, 0) is 68.5 Å². The third kappa shape index (κ3) is 4.39. The maximum absolute atomic E-state index is 12.7. The van der Waals surface area contributed by atoms with Gasteiger partial charge in [0, 0.05) is 24.7 Å². The molecular weight excluding hydrogens is 360 g/mol. The number of hydrogen-bond donors (Lipinski definition) is 1. The molecule has 0 aliphatic carbocycles. The van der Waals surface area contributed by atoms with Crippen LogP contribution in [-0.2, 0) is 10.0 Å². The minimum Gasteiger partial charge on any atom is -0.339 e. The number of rotatable bonds is 4. The Morgan fingerprint density at radius 1 is 0.963 bits per heavy atom. The molecule has 144 valence electrons. The third-order valence-corrected chi connectivity index (χ3v) is 6.79. The van der Waals surface area contributed by atoms with E-state index in [4.69, 9.17) is 0 Å². The molecule has 1 fully saturated rings. The molecule has 1 N–H and O–H groups in total. The van der Waals surface area contributed by atoms with Gasteiger partial charge in [0.15, 0.2) is 0 Å². The van der Waals surface area contributed by atoms with Gasteiger partial charge in [-0.2, -0.15) is 0 Å². The number of nitrogens with zero attached hydrogens (tertiary/aromatic N) is 1. The molecule has 3 rings (SSSR count). The summed E-state index contributed by atoms with van der Waals surface area (Å²) in [7, 11) is -3.55. The standard InChI is InChI=1S/C21H26N2O3S/c1-15-8-9-19(14-17(15)3)27(25,26)22-18-10-12-23(13-11-18)21(24)20-7-5-4-6-16(20)2/h4-9,14,18,22H,10-13H2,1-3H3. The Hall–Kier alpha value is -2.18. The summed E-state index contributed by atoms with van der Waals surface area (Å²) in [5.41, 5.74) is 3.69. The second kappa shape index (κ2) is 7.82. The Bertz CT molecular complexity index is 946. The largest absolute Gasteiger partial charge is 0.339 e. The fourth-order valence-electron chi connectivity index (χ4n) is 3.35. The monoisotopic (exact) mass is 386 g/mol. The van der Waals surface area contributed by atoms with E-state index < -0.39 is 10.0 Å². The first-order chi connectivity index (χ1) is 12.8. The number of benzene rings is 2. The number of carbonyl (C=O) groups excluding carboxylic acids is 1. The van der Waals surface area contributed by atoms with Crippen molar-refractivity contribution in [1.29, 1.82) is 0 Å². The van der Waals surface area contributed by atoms with Crippen molar-refractivity contribution in [3.8, 4) is 0 Å². The number of nitrogens with one attached hydrogen (secondary N) is 1. The summed E-state index contributed by atoms with van der Waals surface area (Å²) in [5, 5.41) is 0. The maximum Gasteiger partial charge on any atom is 0.254 e. The van der Waals surface area contributed by atoms with Crippen LogP contribution >= 0.6 is 0 Å². The van der Waals surface area contributed by atoms with Crippen molar-refractivity contribution in [1.82, 2.24) is 9.62 Å². The number of amides is 1. The minimum atomic E-state index is -3.55. The molecule has 1 amide bonds.